The van der Waals surface area contributed by atoms with Gasteiger partial charge in [-0.05, 0) is 24.1 Å². The minimum absolute atomic E-state index is 0.249. The quantitative estimate of drug-likeness (QED) is 0.298. The lowest BCUT2D eigenvalue weighted by molar-refractivity contribution is 0.923. The number of hydrogen-bond acceptors (Lipinski definition) is 2. The van der Waals surface area contributed by atoms with Crippen molar-refractivity contribution < 1.29 is 0 Å². The lowest BCUT2D eigenvalue weighted by Gasteiger charge is -2.00. The van der Waals surface area contributed by atoms with Crippen LogP contribution in [-0.2, 0) is 6.42 Å². The van der Waals surface area contributed by atoms with Crippen molar-refractivity contribution in [2.24, 2.45) is 16.6 Å². The van der Waals surface area contributed by atoms with Gasteiger partial charge in [0.05, 0.1) is 0 Å². The van der Waals surface area contributed by atoms with E-state index in [0.717, 1.165) is 11.4 Å². The van der Waals surface area contributed by atoms with Crippen molar-refractivity contribution in [1.29, 1.82) is 0 Å². The molecule has 1 rings (SSSR count). The van der Waals surface area contributed by atoms with Crippen molar-refractivity contribution in [3.8, 4) is 0 Å². The lowest BCUT2D eigenvalue weighted by atomic mass is 10.1. The fourth-order valence-electron chi connectivity index (χ4n) is 1.00. The molecule has 0 bridgehead atoms. The first kappa shape index (κ1) is 10.8. The van der Waals surface area contributed by atoms with Gasteiger partial charge in [0.1, 0.15) is 0 Å². The van der Waals surface area contributed by atoms with Crippen LogP contribution in [0.2, 0.25) is 5.02 Å². The second-order valence-corrected chi connectivity index (χ2v) is 3.22. The largest absolute Gasteiger partial charge is 0.369 e. The molecule has 0 unspecified atom stereocenters. The van der Waals surface area contributed by atoms with E-state index in [1.807, 2.05) is 24.3 Å². The monoisotopic (exact) mass is 212 g/mol. The van der Waals surface area contributed by atoms with Crippen LogP contribution in [0.15, 0.2) is 29.3 Å². The molecule has 0 atom stereocenters. The van der Waals surface area contributed by atoms with Gasteiger partial charge in [-0.3, -0.25) is 10.4 Å². The number of hydrogen-bond donors (Lipinski definition) is 3. The Bertz CT molecular complexity index is 307. The number of nitrogens with two attached hydrogens (primary N) is 2. The van der Waals surface area contributed by atoms with E-state index >= 15 is 0 Å². The second kappa shape index (κ2) is 5.47. The summed E-state index contributed by atoms with van der Waals surface area (Å²) in [6.45, 7) is 0.609. The van der Waals surface area contributed by atoms with Gasteiger partial charge in [0.2, 0.25) is 5.96 Å². The number of rotatable bonds is 3. The number of halogens is 1. The Labute approximate surface area is 87.9 Å². The molecule has 0 aliphatic heterocycles. The van der Waals surface area contributed by atoms with Crippen LogP contribution >= 0.6 is 11.6 Å². The zero-order valence-corrected chi connectivity index (χ0v) is 8.46. The summed E-state index contributed by atoms with van der Waals surface area (Å²) < 4.78 is 0. The standard InChI is InChI=1S/C9H13ClN4/c10-8-3-1-7(2-4-8)5-6-13-9(11)14-12/h1-4H,5-6,12H2,(H3,11,13,14). The summed E-state index contributed by atoms with van der Waals surface area (Å²) in [6.07, 6.45) is 0.819. The van der Waals surface area contributed by atoms with E-state index in [9.17, 15) is 0 Å². The second-order valence-electron chi connectivity index (χ2n) is 2.79. The smallest absolute Gasteiger partial charge is 0.203 e. The highest BCUT2D eigenvalue weighted by Gasteiger charge is 1.92. The van der Waals surface area contributed by atoms with Gasteiger partial charge in [-0.2, -0.15) is 0 Å². The van der Waals surface area contributed by atoms with Gasteiger partial charge >= 0.3 is 0 Å². The SMILES string of the molecule is NNC(N)=NCCc1ccc(Cl)cc1. The van der Waals surface area contributed by atoms with Crippen LogP contribution < -0.4 is 17.0 Å². The summed E-state index contributed by atoms with van der Waals surface area (Å²) in [7, 11) is 0. The minimum Gasteiger partial charge on any atom is -0.369 e. The number of hydrazine groups is 1. The first-order valence-corrected chi connectivity index (χ1v) is 4.61. The average molecular weight is 213 g/mol. The maximum atomic E-state index is 5.74. The molecule has 0 aliphatic rings. The molecule has 0 fully saturated rings. The molecule has 14 heavy (non-hydrogen) atoms. The van der Waals surface area contributed by atoms with Crippen LogP contribution in [0.1, 0.15) is 5.56 Å². The molecule has 1 aromatic rings. The molecule has 76 valence electrons. The predicted molar refractivity (Wildman–Crippen MR) is 59.0 cm³/mol. The lowest BCUT2D eigenvalue weighted by Crippen LogP contribution is -2.37. The van der Waals surface area contributed by atoms with E-state index in [1.54, 1.807) is 0 Å². The van der Waals surface area contributed by atoms with Gasteiger partial charge in [0, 0.05) is 11.6 Å². The Morgan fingerprint density at radius 3 is 2.57 bits per heavy atom. The van der Waals surface area contributed by atoms with Crippen LogP contribution in [0.5, 0.6) is 0 Å². The van der Waals surface area contributed by atoms with Crippen LogP contribution in [0, 0.1) is 0 Å². The molecule has 0 aliphatic carbocycles. The third kappa shape index (κ3) is 3.64. The van der Waals surface area contributed by atoms with E-state index in [4.69, 9.17) is 23.2 Å². The Hall–Kier alpha value is -1.26. The van der Waals surface area contributed by atoms with Crippen LogP contribution in [0.3, 0.4) is 0 Å². The molecule has 0 heterocycles. The summed E-state index contributed by atoms with van der Waals surface area (Å²) in [5.41, 5.74) is 8.79. The highest BCUT2D eigenvalue weighted by atomic mass is 35.5. The van der Waals surface area contributed by atoms with Crippen molar-refractivity contribution in [3.05, 3.63) is 34.9 Å². The molecule has 0 amide bonds. The van der Waals surface area contributed by atoms with Crippen LogP contribution in [0.25, 0.3) is 0 Å². The van der Waals surface area contributed by atoms with E-state index in [-0.39, 0.29) is 5.96 Å². The van der Waals surface area contributed by atoms with Crippen molar-refractivity contribution in [2.45, 2.75) is 6.42 Å². The summed E-state index contributed by atoms with van der Waals surface area (Å²) in [4.78, 5) is 3.99. The zero-order chi connectivity index (χ0) is 10.4. The van der Waals surface area contributed by atoms with Crippen molar-refractivity contribution in [3.63, 3.8) is 0 Å². The van der Waals surface area contributed by atoms with Crippen LogP contribution in [-0.4, -0.2) is 12.5 Å². The van der Waals surface area contributed by atoms with E-state index in [0.29, 0.717) is 6.54 Å². The Morgan fingerprint density at radius 2 is 2.00 bits per heavy atom. The Kier molecular flexibility index (Phi) is 4.22. The number of nitrogens with zero attached hydrogens (tertiary/aromatic N) is 1. The van der Waals surface area contributed by atoms with E-state index in [2.05, 4.69) is 10.4 Å². The van der Waals surface area contributed by atoms with Gasteiger partial charge in [-0.15, -0.1) is 0 Å². The number of benzene rings is 1. The highest BCUT2D eigenvalue weighted by Crippen LogP contribution is 2.09. The number of guanidine groups is 1. The highest BCUT2D eigenvalue weighted by molar-refractivity contribution is 6.30. The Morgan fingerprint density at radius 1 is 1.36 bits per heavy atom. The summed E-state index contributed by atoms with van der Waals surface area (Å²) in [5, 5.41) is 0.736. The molecule has 0 aromatic heterocycles. The number of aliphatic imine (C=N–C) groups is 1. The third-order valence-corrected chi connectivity index (χ3v) is 2.00. The zero-order valence-electron chi connectivity index (χ0n) is 7.70. The van der Waals surface area contributed by atoms with Gasteiger partial charge in [-0.25, -0.2) is 5.84 Å². The van der Waals surface area contributed by atoms with E-state index < -0.39 is 0 Å². The topological polar surface area (TPSA) is 76.4 Å². The summed E-state index contributed by atoms with van der Waals surface area (Å²) >= 11 is 5.74. The van der Waals surface area contributed by atoms with Crippen LogP contribution in [0.4, 0.5) is 0 Å². The van der Waals surface area contributed by atoms with Crippen molar-refractivity contribution in [1.82, 2.24) is 5.43 Å². The molecule has 0 saturated heterocycles. The van der Waals surface area contributed by atoms with Gasteiger partial charge < -0.3 is 5.73 Å². The third-order valence-electron chi connectivity index (χ3n) is 1.74. The molecule has 0 spiro atoms. The molecule has 4 nitrogen and oxygen atoms in total. The van der Waals surface area contributed by atoms with Gasteiger partial charge in [-0.1, -0.05) is 23.7 Å². The van der Waals surface area contributed by atoms with Crippen molar-refractivity contribution >= 4 is 17.6 Å². The minimum atomic E-state index is 0.249. The molecule has 1 aromatic carbocycles. The molecular formula is C9H13ClN4. The van der Waals surface area contributed by atoms with Gasteiger partial charge in [0.25, 0.3) is 0 Å². The molecule has 5 heteroatoms. The van der Waals surface area contributed by atoms with E-state index in [1.165, 1.54) is 5.56 Å². The molecule has 5 N–H and O–H groups in total. The fraction of sp³-hybridized carbons (Fsp3) is 0.222. The normalized spacial score (nSPS) is 11.4. The summed E-state index contributed by atoms with van der Waals surface area (Å²) in [6, 6.07) is 7.63. The average Bonchev–Trinajstić information content (AvgIpc) is 2.21. The predicted octanol–water partition coefficient (Wildman–Crippen LogP) is 0.661. The maximum Gasteiger partial charge on any atom is 0.203 e. The fourth-order valence-corrected chi connectivity index (χ4v) is 1.13. The first-order valence-electron chi connectivity index (χ1n) is 4.23. The van der Waals surface area contributed by atoms with Gasteiger partial charge in [0.15, 0.2) is 0 Å². The molecule has 0 saturated carbocycles. The summed E-state index contributed by atoms with van der Waals surface area (Å²) in [5.74, 6) is 5.30. The van der Waals surface area contributed by atoms with Crippen molar-refractivity contribution in [2.75, 3.05) is 6.54 Å². The Balaban J connectivity index is 2.42. The molecule has 0 radical (unpaired) electrons. The molecular weight excluding hydrogens is 200 g/mol. The maximum absolute atomic E-state index is 5.74. The number of nitrogens with one attached hydrogen (secondary N) is 1. The first-order chi connectivity index (χ1) is 6.72.